The third-order valence-electron chi connectivity index (χ3n) is 4.36. The van der Waals surface area contributed by atoms with Crippen LogP contribution in [0.1, 0.15) is 28.8 Å². The normalized spacial score (nSPS) is 14.2. The molecule has 1 fully saturated rings. The monoisotopic (exact) mass is 371 g/mol. The first kappa shape index (κ1) is 18.8. The molecule has 0 spiro atoms. The highest BCUT2D eigenvalue weighted by molar-refractivity contribution is 5.97. The van der Waals surface area contributed by atoms with E-state index in [0.29, 0.717) is 37.7 Å². The Hall–Kier alpha value is -3.03. The summed E-state index contributed by atoms with van der Waals surface area (Å²) in [4.78, 5) is 36.4. The van der Waals surface area contributed by atoms with Crippen molar-refractivity contribution in [1.29, 1.82) is 0 Å². The Morgan fingerprint density at radius 2 is 1.78 bits per heavy atom. The molecule has 1 saturated heterocycles. The molecular formula is C19H22FN5O2. The third kappa shape index (κ3) is 4.39. The molecule has 1 aliphatic heterocycles. The minimum absolute atomic E-state index is 0.0385. The summed E-state index contributed by atoms with van der Waals surface area (Å²) in [7, 11) is 0. The largest absolute Gasteiger partial charge is 0.353 e. The van der Waals surface area contributed by atoms with Gasteiger partial charge in [-0.3, -0.25) is 9.59 Å². The summed E-state index contributed by atoms with van der Waals surface area (Å²) < 4.78 is 14.2. The van der Waals surface area contributed by atoms with E-state index >= 15 is 0 Å². The minimum atomic E-state index is -0.599. The first-order chi connectivity index (χ1) is 12.8. The number of aromatic nitrogens is 2. The predicted molar refractivity (Wildman–Crippen MR) is 100 cm³/mol. The van der Waals surface area contributed by atoms with Gasteiger partial charge >= 0.3 is 0 Å². The molecule has 0 aliphatic carbocycles. The molecule has 8 heteroatoms. The van der Waals surface area contributed by atoms with Crippen molar-refractivity contribution in [2.24, 2.45) is 0 Å². The van der Waals surface area contributed by atoms with Crippen LogP contribution in [-0.4, -0.2) is 52.9 Å². The summed E-state index contributed by atoms with van der Waals surface area (Å²) in [5, 5.41) is 2.57. The van der Waals surface area contributed by atoms with Gasteiger partial charge in [-0.05, 0) is 32.0 Å². The van der Waals surface area contributed by atoms with E-state index in [1.54, 1.807) is 4.90 Å². The molecule has 1 aromatic heterocycles. The van der Waals surface area contributed by atoms with E-state index in [2.05, 4.69) is 20.2 Å². The number of carbonyl (C=O) groups excluding carboxylic acids is 2. The molecule has 1 aliphatic rings. The van der Waals surface area contributed by atoms with Crippen molar-refractivity contribution in [3.8, 4) is 0 Å². The van der Waals surface area contributed by atoms with Gasteiger partial charge in [0.25, 0.3) is 5.91 Å². The summed E-state index contributed by atoms with van der Waals surface area (Å²) in [6.07, 6.45) is 0. The van der Waals surface area contributed by atoms with Crippen LogP contribution >= 0.6 is 0 Å². The standard InChI is InChI=1S/C19H22FN5O2/c1-12-10-18(22-13(2)21-12)24-6-8-25(9-7-24)19(27)16-11-15(23-14(3)26)4-5-17(16)20/h4-5,10-11H,6-9H2,1-3H3,(H,23,26). The van der Waals surface area contributed by atoms with Crippen molar-refractivity contribution in [3.05, 3.63) is 47.2 Å². The average Bonchev–Trinajstić information content (AvgIpc) is 2.62. The lowest BCUT2D eigenvalue weighted by molar-refractivity contribution is -0.114. The molecule has 27 heavy (non-hydrogen) atoms. The highest BCUT2D eigenvalue weighted by atomic mass is 19.1. The first-order valence-electron chi connectivity index (χ1n) is 8.77. The summed E-state index contributed by atoms with van der Waals surface area (Å²) in [6, 6.07) is 5.93. The number of nitrogens with one attached hydrogen (secondary N) is 1. The quantitative estimate of drug-likeness (QED) is 0.895. The van der Waals surface area contributed by atoms with Crippen LogP contribution in [0.25, 0.3) is 0 Å². The van der Waals surface area contributed by atoms with Crippen LogP contribution in [0.5, 0.6) is 0 Å². The molecule has 7 nitrogen and oxygen atoms in total. The van der Waals surface area contributed by atoms with Crippen LogP contribution in [0, 0.1) is 19.7 Å². The Balaban J connectivity index is 1.70. The molecule has 2 amide bonds. The van der Waals surface area contributed by atoms with Gasteiger partial charge in [0, 0.05) is 50.6 Å². The molecule has 2 heterocycles. The number of rotatable bonds is 3. The molecule has 3 rings (SSSR count). The second-order valence-electron chi connectivity index (χ2n) is 6.57. The number of nitrogens with zero attached hydrogens (tertiary/aromatic N) is 4. The van der Waals surface area contributed by atoms with Gasteiger partial charge in [-0.25, -0.2) is 14.4 Å². The topological polar surface area (TPSA) is 78.4 Å². The predicted octanol–water partition coefficient (Wildman–Crippen LogP) is 2.15. The van der Waals surface area contributed by atoms with E-state index < -0.39 is 5.82 Å². The number of halogens is 1. The van der Waals surface area contributed by atoms with Gasteiger partial charge in [0.1, 0.15) is 17.5 Å². The SMILES string of the molecule is CC(=O)Nc1ccc(F)c(C(=O)N2CCN(c3cc(C)nc(C)n3)CC2)c1. The lowest BCUT2D eigenvalue weighted by Crippen LogP contribution is -2.49. The van der Waals surface area contributed by atoms with Gasteiger partial charge in [0.15, 0.2) is 0 Å². The van der Waals surface area contributed by atoms with Crippen LogP contribution in [-0.2, 0) is 4.79 Å². The smallest absolute Gasteiger partial charge is 0.257 e. The van der Waals surface area contributed by atoms with E-state index in [1.807, 2.05) is 19.9 Å². The van der Waals surface area contributed by atoms with E-state index in [9.17, 15) is 14.0 Å². The molecule has 142 valence electrons. The zero-order valence-corrected chi connectivity index (χ0v) is 15.6. The van der Waals surface area contributed by atoms with Crippen molar-refractivity contribution >= 4 is 23.3 Å². The molecule has 0 bridgehead atoms. The maximum atomic E-state index is 14.2. The second-order valence-corrected chi connectivity index (χ2v) is 6.57. The maximum absolute atomic E-state index is 14.2. The first-order valence-corrected chi connectivity index (χ1v) is 8.77. The number of carbonyl (C=O) groups is 2. The highest BCUT2D eigenvalue weighted by Gasteiger charge is 2.25. The molecule has 0 unspecified atom stereocenters. The number of piperazine rings is 1. The maximum Gasteiger partial charge on any atom is 0.257 e. The Labute approximate surface area is 157 Å². The van der Waals surface area contributed by atoms with E-state index in [1.165, 1.54) is 25.1 Å². The van der Waals surface area contributed by atoms with Crippen LogP contribution < -0.4 is 10.2 Å². The summed E-state index contributed by atoms with van der Waals surface area (Å²) in [5.41, 5.74) is 1.26. The lowest BCUT2D eigenvalue weighted by Gasteiger charge is -2.35. The van der Waals surface area contributed by atoms with E-state index in [4.69, 9.17) is 0 Å². The molecule has 1 N–H and O–H groups in total. The fraction of sp³-hybridized carbons (Fsp3) is 0.368. The molecule has 0 atom stereocenters. The van der Waals surface area contributed by atoms with Gasteiger partial charge < -0.3 is 15.1 Å². The van der Waals surface area contributed by atoms with Crippen molar-refractivity contribution in [1.82, 2.24) is 14.9 Å². The van der Waals surface area contributed by atoms with Gasteiger partial charge in [-0.2, -0.15) is 0 Å². The van der Waals surface area contributed by atoms with Crippen LogP contribution in [0.3, 0.4) is 0 Å². The van der Waals surface area contributed by atoms with Gasteiger partial charge in [0.05, 0.1) is 5.56 Å². The zero-order valence-electron chi connectivity index (χ0n) is 15.6. The van der Waals surface area contributed by atoms with Crippen molar-refractivity contribution in [2.45, 2.75) is 20.8 Å². The number of benzene rings is 1. The molecule has 2 aromatic rings. The number of aryl methyl sites for hydroxylation is 2. The number of hydrogen-bond donors (Lipinski definition) is 1. The Morgan fingerprint density at radius 3 is 2.41 bits per heavy atom. The summed E-state index contributed by atoms with van der Waals surface area (Å²) in [6.45, 7) is 7.27. The summed E-state index contributed by atoms with van der Waals surface area (Å²) >= 11 is 0. The van der Waals surface area contributed by atoms with Gasteiger partial charge in [-0.1, -0.05) is 0 Å². The molecular weight excluding hydrogens is 349 g/mol. The molecule has 0 saturated carbocycles. The number of hydrogen-bond acceptors (Lipinski definition) is 5. The second kappa shape index (κ2) is 7.69. The lowest BCUT2D eigenvalue weighted by atomic mass is 10.1. The van der Waals surface area contributed by atoms with Crippen LogP contribution in [0.4, 0.5) is 15.9 Å². The van der Waals surface area contributed by atoms with E-state index in [0.717, 1.165) is 11.5 Å². The van der Waals surface area contributed by atoms with Crippen LogP contribution in [0.2, 0.25) is 0 Å². The van der Waals surface area contributed by atoms with Crippen molar-refractivity contribution < 1.29 is 14.0 Å². The molecule has 1 aromatic carbocycles. The fourth-order valence-corrected chi connectivity index (χ4v) is 3.14. The molecule has 0 radical (unpaired) electrons. The van der Waals surface area contributed by atoms with Crippen molar-refractivity contribution in [3.63, 3.8) is 0 Å². The Kier molecular flexibility index (Phi) is 5.34. The van der Waals surface area contributed by atoms with Gasteiger partial charge in [0.2, 0.25) is 5.91 Å². The number of anilines is 2. The average molecular weight is 371 g/mol. The third-order valence-corrected chi connectivity index (χ3v) is 4.36. The van der Waals surface area contributed by atoms with Crippen molar-refractivity contribution in [2.75, 3.05) is 36.4 Å². The minimum Gasteiger partial charge on any atom is -0.353 e. The Morgan fingerprint density at radius 1 is 1.07 bits per heavy atom. The Bertz CT molecular complexity index is 858. The zero-order chi connectivity index (χ0) is 19.6. The highest BCUT2D eigenvalue weighted by Crippen LogP contribution is 2.20. The fourth-order valence-electron chi connectivity index (χ4n) is 3.14. The summed E-state index contributed by atoms with van der Waals surface area (Å²) in [5.74, 6) is 0.295. The number of amides is 2. The van der Waals surface area contributed by atoms with Gasteiger partial charge in [-0.15, -0.1) is 0 Å². The van der Waals surface area contributed by atoms with E-state index in [-0.39, 0.29) is 17.4 Å². The van der Waals surface area contributed by atoms with Crippen LogP contribution in [0.15, 0.2) is 24.3 Å².